The van der Waals surface area contributed by atoms with E-state index in [1.807, 2.05) is 0 Å². The summed E-state index contributed by atoms with van der Waals surface area (Å²) in [6, 6.07) is 12.9. The van der Waals surface area contributed by atoms with Crippen LogP contribution < -0.4 is 15.5 Å². The standard InChI is InChI=1S/C39H53N3O2/c1-10-16-17-18-32(13-4)39(43)42(40)26-30-19-21-34(28(8)23-30)38-29(9)36(24-27(7)31(11-2)12-3)44-37-25-33(20-22-35(37)38)41(14-5)15-6/h4,19-25,32H,10-12,14-18,26,40H2,1-3,5-9H3/b36-24+. The maximum Gasteiger partial charge on any atom is 0.251 e. The van der Waals surface area contributed by atoms with Gasteiger partial charge in [-0.2, -0.15) is 0 Å². The van der Waals surface area contributed by atoms with Crippen molar-refractivity contribution < 1.29 is 9.53 Å². The maximum absolute atomic E-state index is 13.0. The number of benzene rings is 2. The van der Waals surface area contributed by atoms with Gasteiger partial charge in [0.15, 0.2) is 0 Å². The topological polar surface area (TPSA) is 58.8 Å². The van der Waals surface area contributed by atoms with Crippen molar-refractivity contribution in [2.75, 3.05) is 18.0 Å². The van der Waals surface area contributed by atoms with E-state index >= 15 is 0 Å². The number of hydrogen-bond donors (Lipinski definition) is 1. The molecule has 0 aliphatic carbocycles. The lowest BCUT2D eigenvalue weighted by molar-refractivity contribution is -0.134. The Labute approximate surface area is 266 Å². The minimum atomic E-state index is -0.483. The molecule has 0 bridgehead atoms. The summed E-state index contributed by atoms with van der Waals surface area (Å²) in [5.41, 5.74) is 10.4. The first-order chi connectivity index (χ1) is 21.1. The van der Waals surface area contributed by atoms with Gasteiger partial charge in [-0.15, -0.1) is 6.42 Å². The van der Waals surface area contributed by atoms with Gasteiger partial charge >= 0.3 is 0 Å². The van der Waals surface area contributed by atoms with Crippen LogP contribution in [0.1, 0.15) is 109 Å². The van der Waals surface area contributed by atoms with E-state index in [4.69, 9.17) is 17.0 Å². The molecular weight excluding hydrogens is 542 g/mol. The average Bonchev–Trinajstić information content (AvgIpc) is 3.01. The third-order valence-electron chi connectivity index (χ3n) is 8.88. The van der Waals surface area contributed by atoms with Crippen LogP contribution in [0, 0.1) is 25.2 Å². The first-order valence-corrected chi connectivity index (χ1v) is 16.4. The fourth-order valence-corrected chi connectivity index (χ4v) is 6.15. The Morgan fingerprint density at radius 2 is 1.68 bits per heavy atom. The smallest absolute Gasteiger partial charge is 0.251 e. The van der Waals surface area contributed by atoms with Crippen molar-refractivity contribution in [1.82, 2.24) is 5.01 Å². The van der Waals surface area contributed by atoms with Gasteiger partial charge in [0.2, 0.25) is 0 Å². The molecule has 5 nitrogen and oxygen atoms in total. The molecule has 0 fully saturated rings. The number of amides is 1. The number of fused-ring (bicyclic) bond motifs is 1. The number of anilines is 1. The summed E-state index contributed by atoms with van der Waals surface area (Å²) in [6.45, 7) is 19.5. The number of unbranched alkanes of at least 4 members (excludes halogenated alkanes) is 2. The molecule has 3 rings (SSSR count). The number of rotatable bonds is 14. The van der Waals surface area contributed by atoms with Crippen molar-refractivity contribution in [2.24, 2.45) is 11.8 Å². The molecule has 2 N–H and O–H groups in total. The van der Waals surface area contributed by atoms with Crippen LogP contribution in [0.4, 0.5) is 5.69 Å². The van der Waals surface area contributed by atoms with Gasteiger partial charge in [0.25, 0.3) is 5.91 Å². The molecule has 2 aromatic rings. The fourth-order valence-electron chi connectivity index (χ4n) is 6.15. The van der Waals surface area contributed by atoms with Gasteiger partial charge in [0, 0.05) is 36.0 Å². The van der Waals surface area contributed by atoms with Crippen LogP contribution in [0.15, 0.2) is 65.0 Å². The monoisotopic (exact) mass is 595 g/mol. The molecule has 0 aromatic heterocycles. The summed E-state index contributed by atoms with van der Waals surface area (Å²) < 4.78 is 6.66. The summed E-state index contributed by atoms with van der Waals surface area (Å²) in [4.78, 5) is 15.3. The van der Waals surface area contributed by atoms with Crippen molar-refractivity contribution in [3.8, 4) is 18.1 Å². The van der Waals surface area contributed by atoms with E-state index in [-0.39, 0.29) is 5.91 Å². The summed E-state index contributed by atoms with van der Waals surface area (Å²) in [5, 5.41) is 1.28. The highest BCUT2D eigenvalue weighted by molar-refractivity contribution is 5.90. The van der Waals surface area contributed by atoms with Gasteiger partial charge in [0.1, 0.15) is 17.4 Å². The molecular formula is C39H53N3O2. The zero-order chi connectivity index (χ0) is 32.4. The van der Waals surface area contributed by atoms with Crippen LogP contribution in [0.5, 0.6) is 5.75 Å². The summed E-state index contributed by atoms with van der Waals surface area (Å²) in [5.74, 6) is 10.00. The molecule has 0 spiro atoms. The predicted octanol–water partition coefficient (Wildman–Crippen LogP) is 9.11. The Hall–Kier alpha value is -3.75. The summed E-state index contributed by atoms with van der Waals surface area (Å²) >= 11 is 0. The van der Waals surface area contributed by atoms with Crippen LogP contribution in [0.2, 0.25) is 0 Å². The highest BCUT2D eigenvalue weighted by atomic mass is 16.5. The molecule has 0 radical (unpaired) electrons. The van der Waals surface area contributed by atoms with Crippen LogP contribution in [-0.2, 0) is 11.3 Å². The molecule has 1 aliphatic heterocycles. The summed E-state index contributed by atoms with van der Waals surface area (Å²) in [7, 11) is 0. The number of hydrazine groups is 1. The molecule has 1 unspecified atom stereocenters. The maximum atomic E-state index is 13.0. The highest BCUT2D eigenvalue weighted by Gasteiger charge is 2.26. The Morgan fingerprint density at radius 3 is 2.27 bits per heavy atom. The molecule has 5 heteroatoms. The molecule has 0 saturated carbocycles. The second-order valence-corrected chi connectivity index (χ2v) is 11.8. The number of allylic oxidation sites excluding steroid dienone is 4. The molecule has 1 atom stereocenters. The Bertz CT molecular complexity index is 1450. The van der Waals surface area contributed by atoms with Gasteiger partial charge in [-0.1, -0.05) is 69.7 Å². The number of carbonyl (C=O) groups is 1. The fraction of sp³-hybridized carbons (Fsp3) is 0.462. The number of ether oxygens (including phenoxy) is 1. The second-order valence-electron chi connectivity index (χ2n) is 11.8. The molecule has 44 heavy (non-hydrogen) atoms. The number of hydrogen-bond acceptors (Lipinski definition) is 4. The van der Waals surface area contributed by atoms with Gasteiger partial charge in [-0.05, 0) is 99.9 Å². The van der Waals surface area contributed by atoms with Crippen LogP contribution in [0.25, 0.3) is 5.57 Å². The van der Waals surface area contributed by atoms with Crippen LogP contribution in [0.3, 0.4) is 0 Å². The van der Waals surface area contributed by atoms with Crippen molar-refractivity contribution in [1.29, 1.82) is 0 Å². The quantitative estimate of drug-likeness (QED) is 0.0778. The highest BCUT2D eigenvalue weighted by Crippen LogP contribution is 2.44. The largest absolute Gasteiger partial charge is 0.456 e. The average molecular weight is 596 g/mol. The van der Waals surface area contributed by atoms with Crippen molar-refractivity contribution in [3.05, 3.63) is 87.2 Å². The van der Waals surface area contributed by atoms with Crippen LogP contribution >= 0.6 is 0 Å². The van der Waals surface area contributed by atoms with Gasteiger partial charge in [-0.3, -0.25) is 9.80 Å². The zero-order valence-corrected chi connectivity index (χ0v) is 28.3. The number of terminal acetylenes is 1. The van der Waals surface area contributed by atoms with Crippen molar-refractivity contribution in [2.45, 2.75) is 100 Å². The second kappa shape index (κ2) is 16.4. The Morgan fingerprint density at radius 1 is 1.00 bits per heavy atom. The first kappa shape index (κ1) is 34.7. The van der Waals surface area contributed by atoms with Gasteiger partial charge in [-0.25, -0.2) is 5.84 Å². The molecule has 1 amide bonds. The van der Waals surface area contributed by atoms with E-state index < -0.39 is 5.92 Å². The zero-order valence-electron chi connectivity index (χ0n) is 28.3. The summed E-state index contributed by atoms with van der Waals surface area (Å²) in [6.07, 6.45) is 13.7. The minimum Gasteiger partial charge on any atom is -0.456 e. The van der Waals surface area contributed by atoms with Crippen molar-refractivity contribution in [3.63, 3.8) is 0 Å². The van der Waals surface area contributed by atoms with E-state index in [0.29, 0.717) is 13.0 Å². The molecule has 236 valence electrons. The van der Waals surface area contributed by atoms with Crippen LogP contribution in [-0.4, -0.2) is 24.0 Å². The SMILES string of the molecule is C#CC(CCCCC)C(=O)N(N)Cc1ccc(C2=C(C)/C(=C\C(C)=C(CC)CC)Oc3cc(N(CC)CC)ccc32)c(C)c1. The van der Waals surface area contributed by atoms with E-state index in [1.165, 1.54) is 21.7 Å². The van der Waals surface area contributed by atoms with Gasteiger partial charge in [0.05, 0.1) is 6.54 Å². The third-order valence-corrected chi connectivity index (χ3v) is 8.88. The normalized spacial score (nSPS) is 14.0. The van der Waals surface area contributed by atoms with E-state index in [0.717, 1.165) is 90.2 Å². The van der Waals surface area contributed by atoms with E-state index in [9.17, 15) is 4.79 Å². The third kappa shape index (κ3) is 8.04. The lowest BCUT2D eigenvalue weighted by Crippen LogP contribution is -2.40. The van der Waals surface area contributed by atoms with E-state index in [1.54, 1.807) is 0 Å². The molecule has 0 saturated heterocycles. The number of nitrogens with two attached hydrogens (primary N) is 1. The lowest BCUT2D eigenvalue weighted by atomic mass is 9.86. The first-order valence-electron chi connectivity index (χ1n) is 16.4. The number of nitrogens with zero attached hydrogens (tertiary/aromatic N) is 2. The number of carbonyl (C=O) groups excluding carboxylic acids is 1. The Balaban J connectivity index is 2.05. The van der Waals surface area contributed by atoms with Crippen molar-refractivity contribution >= 4 is 17.2 Å². The van der Waals surface area contributed by atoms with E-state index in [2.05, 4.69) is 109 Å². The molecule has 1 heterocycles. The lowest BCUT2D eigenvalue weighted by Gasteiger charge is -2.29. The molecule has 1 aliphatic rings. The molecule has 2 aromatic carbocycles. The van der Waals surface area contributed by atoms with Gasteiger partial charge < -0.3 is 9.64 Å². The minimum absolute atomic E-state index is 0.192. The Kier molecular flexibility index (Phi) is 12.9. The number of aryl methyl sites for hydroxylation is 1. The predicted molar refractivity (Wildman–Crippen MR) is 186 cm³/mol.